The molecule has 0 bridgehead atoms. The van der Waals surface area contributed by atoms with Crippen molar-refractivity contribution >= 4 is 17.3 Å². The maximum atomic E-state index is 11.1. The van der Waals surface area contributed by atoms with Crippen LogP contribution in [0.3, 0.4) is 0 Å². The second kappa shape index (κ2) is 5.45. The summed E-state index contributed by atoms with van der Waals surface area (Å²) in [7, 11) is 0. The fraction of sp³-hybridized carbons (Fsp3) is 0.182. The van der Waals surface area contributed by atoms with Crippen LogP contribution in [0, 0.1) is 13.8 Å². The Hall–Kier alpha value is -1.15. The summed E-state index contributed by atoms with van der Waals surface area (Å²) in [5.74, 6) is -1.02. The van der Waals surface area contributed by atoms with Crippen LogP contribution in [0.15, 0.2) is 17.5 Å². The van der Waals surface area contributed by atoms with Gasteiger partial charge in [-0.3, -0.25) is 0 Å². The topological polar surface area (TPSA) is 63.1 Å². The predicted octanol–water partition coefficient (Wildman–Crippen LogP) is -0.363. The van der Waals surface area contributed by atoms with Crippen LogP contribution < -0.4 is 18.9 Å². The van der Waals surface area contributed by atoms with Crippen molar-refractivity contribution in [3.63, 3.8) is 0 Å². The number of nitrogens with zero attached hydrogens (tertiary/aromatic N) is 2. The Morgan fingerprint density at radius 1 is 1.29 bits per heavy atom. The molecule has 0 spiro atoms. The molecule has 2 aromatic heterocycles. The van der Waals surface area contributed by atoms with E-state index in [9.17, 15) is 4.79 Å². The van der Waals surface area contributed by atoms with E-state index < -0.39 is 5.97 Å². The second-order valence-corrected chi connectivity index (χ2v) is 4.31. The molecular weight excluding hydrogens is 231 g/mol. The summed E-state index contributed by atoms with van der Waals surface area (Å²) in [6.45, 7) is 3.64. The van der Waals surface area contributed by atoms with Gasteiger partial charge in [0.25, 0.3) is 0 Å². The number of pyridine rings is 1. The molecule has 84 valence electrons. The third-order valence-corrected chi connectivity index (χ3v) is 3.08. The van der Waals surface area contributed by atoms with E-state index in [4.69, 9.17) is 5.11 Å². The van der Waals surface area contributed by atoms with Gasteiger partial charge in [-0.1, -0.05) is 0 Å². The second-order valence-electron chi connectivity index (χ2n) is 3.45. The van der Waals surface area contributed by atoms with Crippen molar-refractivity contribution in [2.24, 2.45) is 0 Å². The summed E-state index contributed by atoms with van der Waals surface area (Å²) in [6, 6.07) is 3.54. The van der Waals surface area contributed by atoms with Gasteiger partial charge in [0.2, 0.25) is 0 Å². The van der Waals surface area contributed by atoms with Gasteiger partial charge in [0.15, 0.2) is 5.69 Å². The van der Waals surface area contributed by atoms with Crippen molar-refractivity contribution in [3.05, 3.63) is 34.6 Å². The molecule has 0 aliphatic rings. The maximum Gasteiger partial charge on any atom is 1.00 e. The number of thiazole rings is 1. The summed E-state index contributed by atoms with van der Waals surface area (Å²) < 4.78 is 0. The standard InChI is InChI=1S/C11H10N2O2S.Li.H/c1-6-3-4-8(9(12-6)11(14)15)10-13-7(2)5-16-10;;/h3-5H,1-2H3,(H,14,15);;/q;+1;-1. The predicted molar refractivity (Wildman–Crippen MR) is 62.9 cm³/mol. The Labute approximate surface area is 116 Å². The molecule has 0 unspecified atom stereocenters. The average Bonchev–Trinajstić information content (AvgIpc) is 2.64. The fourth-order valence-corrected chi connectivity index (χ4v) is 2.19. The van der Waals surface area contributed by atoms with E-state index in [-0.39, 0.29) is 26.0 Å². The Morgan fingerprint density at radius 3 is 2.53 bits per heavy atom. The van der Waals surface area contributed by atoms with Crippen molar-refractivity contribution in [1.29, 1.82) is 0 Å². The normalized spacial score (nSPS) is 9.76. The zero-order valence-electron chi connectivity index (χ0n) is 10.9. The van der Waals surface area contributed by atoms with Crippen molar-refractivity contribution in [2.75, 3.05) is 0 Å². The number of aryl methyl sites for hydroxylation is 2. The molecule has 17 heavy (non-hydrogen) atoms. The van der Waals surface area contributed by atoms with Crippen LogP contribution in [-0.2, 0) is 0 Å². The van der Waals surface area contributed by atoms with Gasteiger partial charge in [-0.25, -0.2) is 14.8 Å². The number of carbonyl (C=O) groups is 1. The van der Waals surface area contributed by atoms with Gasteiger partial charge in [0.05, 0.1) is 0 Å². The van der Waals surface area contributed by atoms with Gasteiger partial charge in [0.1, 0.15) is 5.01 Å². The van der Waals surface area contributed by atoms with Crippen molar-refractivity contribution in [3.8, 4) is 10.6 Å². The van der Waals surface area contributed by atoms with Gasteiger partial charge in [0, 0.05) is 22.3 Å². The fourth-order valence-electron chi connectivity index (χ4n) is 1.37. The van der Waals surface area contributed by atoms with E-state index in [2.05, 4.69) is 9.97 Å². The molecule has 2 heterocycles. The molecule has 0 atom stereocenters. The first-order valence-corrected chi connectivity index (χ1v) is 5.59. The van der Waals surface area contributed by atoms with Crippen LogP contribution >= 0.6 is 11.3 Å². The van der Waals surface area contributed by atoms with Gasteiger partial charge < -0.3 is 6.53 Å². The van der Waals surface area contributed by atoms with Crippen LogP contribution in [-0.4, -0.2) is 21.0 Å². The van der Waals surface area contributed by atoms with Crippen LogP contribution in [0.25, 0.3) is 10.6 Å². The van der Waals surface area contributed by atoms with E-state index in [0.717, 1.165) is 5.69 Å². The molecule has 0 aliphatic heterocycles. The zero-order valence-corrected chi connectivity index (χ0v) is 10.7. The van der Waals surface area contributed by atoms with Gasteiger partial charge in [-0.05, 0) is 26.0 Å². The maximum absolute atomic E-state index is 11.1. The molecule has 1 N–H and O–H groups in total. The molecule has 4 nitrogen and oxygen atoms in total. The summed E-state index contributed by atoms with van der Waals surface area (Å²) >= 11 is 1.43. The molecule has 0 saturated carbocycles. The Bertz CT molecular complexity index is 560. The van der Waals surface area contributed by atoms with Crippen LogP contribution in [0.1, 0.15) is 23.3 Å². The molecule has 2 aromatic rings. The smallest absolute Gasteiger partial charge is 1.00 e. The van der Waals surface area contributed by atoms with Crippen LogP contribution in [0.2, 0.25) is 0 Å². The Balaban J connectivity index is 0.00000144. The van der Waals surface area contributed by atoms with Gasteiger partial charge in [-0.2, -0.15) is 0 Å². The third-order valence-electron chi connectivity index (χ3n) is 2.09. The minimum absolute atomic E-state index is 0. The molecule has 0 fully saturated rings. The number of carboxylic acid groups (broad SMARTS) is 1. The van der Waals surface area contributed by atoms with E-state index in [1.165, 1.54) is 11.3 Å². The van der Waals surface area contributed by atoms with Crippen LogP contribution in [0.4, 0.5) is 0 Å². The SMILES string of the molecule is Cc1csc(-c2ccc(C)nc2C(=O)O)n1.[H-].[Li+]. The quantitative estimate of drug-likeness (QED) is 0.730. The zero-order chi connectivity index (χ0) is 11.7. The van der Waals surface area contributed by atoms with E-state index in [1.807, 2.05) is 12.3 Å². The van der Waals surface area contributed by atoms with Crippen molar-refractivity contribution in [1.82, 2.24) is 9.97 Å². The Morgan fingerprint density at radius 2 is 2.00 bits per heavy atom. The average molecular weight is 242 g/mol. The first-order valence-electron chi connectivity index (χ1n) is 4.71. The van der Waals surface area contributed by atoms with Crippen LogP contribution in [0.5, 0.6) is 0 Å². The summed E-state index contributed by atoms with van der Waals surface area (Å²) in [5, 5.41) is 11.7. The molecule has 0 saturated heterocycles. The van der Waals surface area contributed by atoms with Crippen molar-refractivity contribution < 1.29 is 30.2 Å². The van der Waals surface area contributed by atoms with Gasteiger partial charge in [-0.15, -0.1) is 11.3 Å². The number of aromatic carboxylic acids is 1. The van der Waals surface area contributed by atoms with E-state index in [1.54, 1.807) is 19.1 Å². The molecule has 0 radical (unpaired) electrons. The summed E-state index contributed by atoms with van der Waals surface area (Å²) in [5.41, 5.74) is 2.22. The van der Waals surface area contributed by atoms with E-state index >= 15 is 0 Å². The number of hydrogen-bond acceptors (Lipinski definition) is 4. The van der Waals surface area contributed by atoms with Gasteiger partial charge >= 0.3 is 24.8 Å². The summed E-state index contributed by atoms with van der Waals surface area (Å²) in [4.78, 5) is 19.4. The van der Waals surface area contributed by atoms with Crippen molar-refractivity contribution in [2.45, 2.75) is 13.8 Å². The molecule has 6 heteroatoms. The number of rotatable bonds is 2. The molecule has 0 amide bonds. The minimum atomic E-state index is -1.02. The molecule has 2 rings (SSSR count). The Kier molecular flexibility index (Phi) is 4.46. The minimum Gasteiger partial charge on any atom is -1.00 e. The number of carboxylic acids is 1. The first-order chi connectivity index (χ1) is 7.58. The third kappa shape index (κ3) is 2.94. The number of aromatic nitrogens is 2. The molecule has 0 aromatic carbocycles. The molecule has 0 aliphatic carbocycles. The number of hydrogen-bond donors (Lipinski definition) is 1. The largest absolute Gasteiger partial charge is 1.00 e. The van der Waals surface area contributed by atoms with E-state index in [0.29, 0.717) is 16.3 Å². The monoisotopic (exact) mass is 242 g/mol. The molecular formula is C11H11LiN2O2S. The summed E-state index contributed by atoms with van der Waals surface area (Å²) in [6.07, 6.45) is 0. The first kappa shape index (κ1) is 13.9.